The highest BCUT2D eigenvalue weighted by atomic mass is 16.5. The predicted octanol–water partition coefficient (Wildman–Crippen LogP) is 3.92. The molecule has 0 heterocycles. The first kappa shape index (κ1) is 14.0. The number of ether oxygens (including phenoxy) is 1. The molecule has 1 aromatic rings. The lowest BCUT2D eigenvalue weighted by Gasteiger charge is -2.21. The number of rotatable bonds is 3. The number of nitrogens with zero attached hydrogens (tertiary/aromatic N) is 3. The van der Waals surface area contributed by atoms with Crippen molar-refractivity contribution < 1.29 is 4.74 Å². The minimum atomic E-state index is -0.192. The molecule has 0 aliphatic rings. The van der Waals surface area contributed by atoms with Crippen LogP contribution in [0.5, 0.6) is 5.75 Å². The molecule has 1 aromatic carbocycles. The summed E-state index contributed by atoms with van der Waals surface area (Å²) >= 11 is 0. The molecule has 1 rings (SSSR count). The molecule has 0 atom stereocenters. The van der Waals surface area contributed by atoms with Crippen molar-refractivity contribution in [3.63, 3.8) is 0 Å². The lowest BCUT2D eigenvalue weighted by atomic mass is 10.1. The molecule has 4 heteroatoms. The Kier molecular flexibility index (Phi) is 5.10. The molecular weight excluding hydrogens is 226 g/mol. The molecule has 0 unspecified atom stereocenters. The van der Waals surface area contributed by atoms with Gasteiger partial charge in [0, 0.05) is 23.4 Å². The Bertz CT molecular complexity index is 483. The maximum atomic E-state index is 8.10. The van der Waals surface area contributed by atoms with E-state index in [0.717, 1.165) is 11.3 Å². The second-order valence-corrected chi connectivity index (χ2v) is 4.75. The molecule has 0 amide bonds. The summed E-state index contributed by atoms with van der Waals surface area (Å²) in [5.74, 6) is 6.79. The van der Waals surface area contributed by atoms with Crippen molar-refractivity contribution in [2.45, 2.75) is 32.8 Å². The van der Waals surface area contributed by atoms with Crippen LogP contribution in [0.4, 0.5) is 0 Å². The fourth-order valence-electron chi connectivity index (χ4n) is 1.28. The van der Waals surface area contributed by atoms with Crippen LogP contribution in [0.15, 0.2) is 29.4 Å². The number of azide groups is 1. The monoisotopic (exact) mass is 243 g/mol. The third-order valence-electron chi connectivity index (χ3n) is 1.91. The Balaban J connectivity index is 2.57. The zero-order valence-corrected chi connectivity index (χ0v) is 11.0. The van der Waals surface area contributed by atoms with Crippen molar-refractivity contribution in [1.82, 2.24) is 0 Å². The second kappa shape index (κ2) is 6.58. The van der Waals surface area contributed by atoms with Crippen molar-refractivity contribution >= 4 is 0 Å². The van der Waals surface area contributed by atoms with E-state index in [-0.39, 0.29) is 5.60 Å². The van der Waals surface area contributed by atoms with Gasteiger partial charge in [-0.25, -0.2) is 0 Å². The fraction of sp³-hybridized carbons (Fsp3) is 0.429. The molecule has 0 fully saturated rings. The van der Waals surface area contributed by atoms with Gasteiger partial charge in [0.2, 0.25) is 0 Å². The van der Waals surface area contributed by atoms with Crippen molar-refractivity contribution in [3.05, 3.63) is 40.3 Å². The van der Waals surface area contributed by atoms with Gasteiger partial charge in [-0.1, -0.05) is 17.0 Å². The molecule has 0 aliphatic heterocycles. The zero-order chi connectivity index (χ0) is 13.4. The zero-order valence-electron chi connectivity index (χ0n) is 11.0. The minimum Gasteiger partial charge on any atom is -0.488 e. The Hall–Kier alpha value is -2.11. The Morgan fingerprint density at radius 2 is 1.94 bits per heavy atom. The van der Waals surface area contributed by atoms with Crippen molar-refractivity contribution in [3.8, 4) is 17.6 Å². The number of hydrogen-bond donors (Lipinski definition) is 0. The van der Waals surface area contributed by atoms with Gasteiger partial charge in [0.25, 0.3) is 0 Å². The van der Waals surface area contributed by atoms with Gasteiger partial charge >= 0.3 is 0 Å². The first-order valence-electron chi connectivity index (χ1n) is 5.80. The summed E-state index contributed by atoms with van der Waals surface area (Å²) in [7, 11) is 0. The summed E-state index contributed by atoms with van der Waals surface area (Å²) in [5.41, 5.74) is 8.84. The molecular formula is C14H17N3O. The Morgan fingerprint density at radius 3 is 2.50 bits per heavy atom. The molecule has 0 saturated carbocycles. The first-order valence-corrected chi connectivity index (χ1v) is 5.80. The molecule has 0 spiro atoms. The van der Waals surface area contributed by atoms with Crippen molar-refractivity contribution in [1.29, 1.82) is 0 Å². The van der Waals surface area contributed by atoms with Crippen molar-refractivity contribution in [2.24, 2.45) is 5.11 Å². The summed E-state index contributed by atoms with van der Waals surface area (Å²) in [6, 6.07) is 7.65. The Morgan fingerprint density at radius 1 is 1.28 bits per heavy atom. The smallest absolute Gasteiger partial charge is 0.120 e. The summed E-state index contributed by atoms with van der Waals surface area (Å²) in [4.78, 5) is 2.67. The van der Waals surface area contributed by atoms with Gasteiger partial charge < -0.3 is 4.74 Å². The van der Waals surface area contributed by atoms with Gasteiger partial charge in [-0.05, 0) is 50.6 Å². The molecule has 0 aromatic heterocycles. The molecule has 4 nitrogen and oxygen atoms in total. The highest BCUT2D eigenvalue weighted by Gasteiger charge is 2.10. The van der Waals surface area contributed by atoms with E-state index < -0.39 is 0 Å². The van der Waals surface area contributed by atoms with Crippen LogP contribution in [-0.2, 0) is 0 Å². The summed E-state index contributed by atoms with van der Waals surface area (Å²) < 4.78 is 5.71. The molecule has 0 aliphatic carbocycles. The van der Waals surface area contributed by atoms with E-state index in [2.05, 4.69) is 21.9 Å². The molecule has 0 radical (unpaired) electrons. The van der Waals surface area contributed by atoms with Crippen LogP contribution in [0.3, 0.4) is 0 Å². The predicted molar refractivity (Wildman–Crippen MR) is 72.3 cm³/mol. The quantitative estimate of drug-likeness (QED) is 0.261. The van der Waals surface area contributed by atoms with Gasteiger partial charge in [-0.2, -0.15) is 0 Å². The van der Waals surface area contributed by atoms with Gasteiger partial charge in [-0.3, -0.25) is 0 Å². The highest BCUT2D eigenvalue weighted by Crippen LogP contribution is 2.18. The number of hydrogen-bond acceptors (Lipinski definition) is 2. The van der Waals surface area contributed by atoms with E-state index in [1.807, 2.05) is 45.0 Å². The van der Waals surface area contributed by atoms with Crippen molar-refractivity contribution in [2.75, 3.05) is 6.54 Å². The average Bonchev–Trinajstić information content (AvgIpc) is 2.29. The van der Waals surface area contributed by atoms with E-state index >= 15 is 0 Å². The van der Waals surface area contributed by atoms with E-state index in [9.17, 15) is 0 Å². The standard InChI is InChI=1S/C14H17N3O/c1-14(2,3)18-13-9-7-12(8-10-13)6-4-5-11-16-17-15/h7-10H,5,11H2,1-3H3. The number of benzene rings is 1. The normalized spacial score (nSPS) is 9.94. The SMILES string of the molecule is CC(C)(C)Oc1ccc(C#CCCN=[N+]=[N-])cc1. The molecule has 0 bridgehead atoms. The second-order valence-electron chi connectivity index (χ2n) is 4.75. The van der Waals surface area contributed by atoms with Crippen LogP contribution in [-0.4, -0.2) is 12.1 Å². The lowest BCUT2D eigenvalue weighted by Crippen LogP contribution is -2.22. The molecule has 18 heavy (non-hydrogen) atoms. The highest BCUT2D eigenvalue weighted by molar-refractivity contribution is 5.38. The van der Waals surface area contributed by atoms with E-state index in [4.69, 9.17) is 10.3 Å². The Labute approximate surface area is 108 Å². The van der Waals surface area contributed by atoms with Gasteiger partial charge in [0.05, 0.1) is 0 Å². The van der Waals surface area contributed by atoms with Crippen LogP contribution in [0.25, 0.3) is 10.4 Å². The molecule has 0 saturated heterocycles. The lowest BCUT2D eigenvalue weighted by molar-refractivity contribution is 0.131. The van der Waals surface area contributed by atoms with E-state index in [0.29, 0.717) is 13.0 Å². The van der Waals surface area contributed by atoms with Gasteiger partial charge in [-0.15, -0.1) is 0 Å². The fourth-order valence-corrected chi connectivity index (χ4v) is 1.28. The minimum absolute atomic E-state index is 0.192. The topological polar surface area (TPSA) is 58.0 Å². The molecule has 94 valence electrons. The summed E-state index contributed by atoms with van der Waals surface area (Å²) in [6.45, 7) is 6.44. The maximum Gasteiger partial charge on any atom is 0.120 e. The summed E-state index contributed by atoms with van der Waals surface area (Å²) in [6.07, 6.45) is 0.574. The third kappa shape index (κ3) is 5.83. The molecule has 0 N–H and O–H groups in total. The average molecular weight is 243 g/mol. The van der Waals surface area contributed by atoms with E-state index in [1.54, 1.807) is 0 Å². The maximum absolute atomic E-state index is 8.10. The van der Waals surface area contributed by atoms with Crippen LogP contribution < -0.4 is 4.74 Å². The van der Waals surface area contributed by atoms with Gasteiger partial charge in [0.1, 0.15) is 11.4 Å². The van der Waals surface area contributed by atoms with Crippen LogP contribution >= 0.6 is 0 Å². The summed E-state index contributed by atoms with van der Waals surface area (Å²) in [5, 5.41) is 3.42. The van der Waals surface area contributed by atoms with Gasteiger partial charge in [0.15, 0.2) is 0 Å². The first-order chi connectivity index (χ1) is 8.51. The van der Waals surface area contributed by atoms with Crippen LogP contribution in [0, 0.1) is 11.8 Å². The third-order valence-corrected chi connectivity index (χ3v) is 1.91. The van der Waals surface area contributed by atoms with E-state index in [1.165, 1.54) is 0 Å². The van der Waals surface area contributed by atoms with Crippen LogP contribution in [0.2, 0.25) is 0 Å². The largest absolute Gasteiger partial charge is 0.488 e. The van der Waals surface area contributed by atoms with Crippen LogP contribution in [0.1, 0.15) is 32.8 Å².